The summed E-state index contributed by atoms with van der Waals surface area (Å²) in [5.74, 6) is -2.94. The van der Waals surface area contributed by atoms with Gasteiger partial charge in [0, 0.05) is 12.0 Å². The number of rotatable bonds is 3. The molecule has 13 heavy (non-hydrogen) atoms. The van der Waals surface area contributed by atoms with Gasteiger partial charge in [-0.15, -0.1) is 0 Å². The fourth-order valence-corrected chi connectivity index (χ4v) is 1.17. The van der Waals surface area contributed by atoms with Crippen LogP contribution in [0, 0.1) is 0 Å². The molecule has 0 aliphatic heterocycles. The summed E-state index contributed by atoms with van der Waals surface area (Å²) >= 11 is 0. The highest BCUT2D eigenvalue weighted by atomic mass is 19.3. The molecule has 0 amide bonds. The van der Waals surface area contributed by atoms with Crippen LogP contribution >= 0.6 is 0 Å². The summed E-state index contributed by atoms with van der Waals surface area (Å²) in [6, 6.07) is 7.53. The number of halogens is 2. The number of alkyl halides is 2. The van der Waals surface area contributed by atoms with E-state index in [-0.39, 0.29) is 5.56 Å². The Hall–Kier alpha value is -0.960. The first-order valence-electron chi connectivity index (χ1n) is 4.14. The molecular formula is C10H12F2O. The van der Waals surface area contributed by atoms with Crippen LogP contribution in [0.4, 0.5) is 8.78 Å². The first kappa shape index (κ1) is 10.1. The minimum atomic E-state index is -2.94. The number of aliphatic hydroxyl groups excluding tert-OH is 1. The Balaban J connectivity index is 2.81. The molecular weight excluding hydrogens is 174 g/mol. The van der Waals surface area contributed by atoms with E-state index in [2.05, 4.69) is 0 Å². The molecule has 0 bridgehead atoms. The van der Waals surface area contributed by atoms with Gasteiger partial charge in [-0.05, 0) is 6.92 Å². The molecule has 0 unspecified atom stereocenters. The summed E-state index contributed by atoms with van der Waals surface area (Å²) in [6.45, 7) is 1.36. The van der Waals surface area contributed by atoms with Gasteiger partial charge in [0.25, 0.3) is 5.92 Å². The maximum absolute atomic E-state index is 13.2. The predicted octanol–water partition coefficient (Wildman–Crippen LogP) is 2.55. The Labute approximate surface area is 76.0 Å². The lowest BCUT2D eigenvalue weighted by molar-refractivity contribution is -0.0457. The van der Waals surface area contributed by atoms with Crippen LogP contribution in [0.3, 0.4) is 0 Å². The topological polar surface area (TPSA) is 20.2 Å². The van der Waals surface area contributed by atoms with E-state index in [4.69, 9.17) is 5.11 Å². The second kappa shape index (κ2) is 3.83. The van der Waals surface area contributed by atoms with Crippen LogP contribution in [-0.4, -0.2) is 11.2 Å². The Morgan fingerprint density at radius 3 is 2.31 bits per heavy atom. The monoisotopic (exact) mass is 186 g/mol. The van der Waals surface area contributed by atoms with E-state index in [1.807, 2.05) is 0 Å². The first-order valence-corrected chi connectivity index (χ1v) is 4.14. The van der Waals surface area contributed by atoms with Crippen LogP contribution in [0.2, 0.25) is 0 Å². The average Bonchev–Trinajstić information content (AvgIpc) is 2.04. The van der Waals surface area contributed by atoms with Crippen molar-refractivity contribution in [2.75, 3.05) is 0 Å². The highest BCUT2D eigenvalue weighted by molar-refractivity contribution is 5.19. The van der Waals surface area contributed by atoms with Gasteiger partial charge in [0.1, 0.15) is 0 Å². The van der Waals surface area contributed by atoms with Crippen LogP contribution in [-0.2, 0) is 5.92 Å². The van der Waals surface area contributed by atoms with Crippen molar-refractivity contribution in [3.8, 4) is 0 Å². The molecule has 0 radical (unpaired) electrons. The molecule has 1 N–H and O–H groups in total. The minimum absolute atomic E-state index is 0.0455. The van der Waals surface area contributed by atoms with Gasteiger partial charge in [-0.2, -0.15) is 0 Å². The third kappa shape index (κ3) is 2.77. The smallest absolute Gasteiger partial charge is 0.275 e. The lowest BCUT2D eigenvalue weighted by Crippen LogP contribution is -2.19. The molecule has 1 aromatic carbocycles. The maximum atomic E-state index is 13.2. The van der Waals surface area contributed by atoms with Crippen molar-refractivity contribution in [3.05, 3.63) is 35.9 Å². The van der Waals surface area contributed by atoms with Gasteiger partial charge in [-0.3, -0.25) is 0 Å². The van der Waals surface area contributed by atoms with Crippen molar-refractivity contribution in [2.45, 2.75) is 25.4 Å². The number of aliphatic hydroxyl groups is 1. The van der Waals surface area contributed by atoms with E-state index in [0.29, 0.717) is 0 Å². The van der Waals surface area contributed by atoms with Gasteiger partial charge < -0.3 is 5.11 Å². The molecule has 0 saturated carbocycles. The molecule has 1 nitrogen and oxygen atoms in total. The van der Waals surface area contributed by atoms with E-state index in [1.165, 1.54) is 19.1 Å². The molecule has 72 valence electrons. The summed E-state index contributed by atoms with van der Waals surface area (Å²) in [5, 5.41) is 8.87. The van der Waals surface area contributed by atoms with E-state index in [1.54, 1.807) is 18.2 Å². The van der Waals surface area contributed by atoms with Crippen molar-refractivity contribution in [2.24, 2.45) is 0 Å². The third-order valence-electron chi connectivity index (χ3n) is 1.75. The third-order valence-corrected chi connectivity index (χ3v) is 1.75. The molecule has 0 aliphatic rings. The summed E-state index contributed by atoms with van der Waals surface area (Å²) < 4.78 is 26.5. The van der Waals surface area contributed by atoms with Gasteiger partial charge in [0.05, 0.1) is 6.10 Å². The molecule has 0 heterocycles. The van der Waals surface area contributed by atoms with Crippen LogP contribution in [0.5, 0.6) is 0 Å². The molecule has 0 fully saturated rings. The van der Waals surface area contributed by atoms with Crippen LogP contribution in [0.1, 0.15) is 18.9 Å². The van der Waals surface area contributed by atoms with Crippen LogP contribution in [0.25, 0.3) is 0 Å². The molecule has 1 atom stereocenters. The first-order chi connectivity index (χ1) is 6.02. The minimum Gasteiger partial charge on any atom is -0.393 e. The molecule has 1 aromatic rings. The zero-order chi connectivity index (χ0) is 9.90. The van der Waals surface area contributed by atoms with Gasteiger partial charge in [0.2, 0.25) is 0 Å². The lowest BCUT2D eigenvalue weighted by atomic mass is 10.0. The van der Waals surface area contributed by atoms with E-state index >= 15 is 0 Å². The second-order valence-electron chi connectivity index (χ2n) is 3.12. The summed E-state index contributed by atoms with van der Waals surface area (Å²) in [4.78, 5) is 0. The molecule has 3 heteroatoms. The average molecular weight is 186 g/mol. The van der Waals surface area contributed by atoms with Crippen molar-refractivity contribution in [3.63, 3.8) is 0 Å². The standard InChI is InChI=1S/C10H12F2O/c1-8(13)7-10(11,12)9-5-3-2-4-6-9/h2-6,8,13H,7H2,1H3/t8-/m1/s1. The normalized spacial score (nSPS) is 14.2. The molecule has 0 saturated heterocycles. The number of hydrogen-bond donors (Lipinski definition) is 1. The Kier molecular flexibility index (Phi) is 2.98. The van der Waals surface area contributed by atoms with Crippen molar-refractivity contribution >= 4 is 0 Å². The van der Waals surface area contributed by atoms with Gasteiger partial charge >= 0.3 is 0 Å². The summed E-state index contributed by atoms with van der Waals surface area (Å²) in [6.07, 6.45) is -1.52. The summed E-state index contributed by atoms with van der Waals surface area (Å²) in [7, 11) is 0. The van der Waals surface area contributed by atoms with Gasteiger partial charge in [-0.1, -0.05) is 30.3 Å². The van der Waals surface area contributed by atoms with Crippen LogP contribution in [0.15, 0.2) is 30.3 Å². The predicted molar refractivity (Wildman–Crippen MR) is 46.6 cm³/mol. The Morgan fingerprint density at radius 1 is 1.31 bits per heavy atom. The molecule has 0 aromatic heterocycles. The van der Waals surface area contributed by atoms with Crippen molar-refractivity contribution in [1.82, 2.24) is 0 Å². The highest BCUT2D eigenvalue weighted by Gasteiger charge is 2.32. The number of hydrogen-bond acceptors (Lipinski definition) is 1. The lowest BCUT2D eigenvalue weighted by Gasteiger charge is -2.17. The molecule has 0 spiro atoms. The zero-order valence-corrected chi connectivity index (χ0v) is 7.37. The number of benzene rings is 1. The maximum Gasteiger partial charge on any atom is 0.275 e. The van der Waals surface area contributed by atoms with E-state index in [9.17, 15) is 8.78 Å². The Bertz CT molecular complexity index is 257. The van der Waals surface area contributed by atoms with Crippen molar-refractivity contribution < 1.29 is 13.9 Å². The summed E-state index contributed by atoms with van der Waals surface area (Å²) in [5.41, 5.74) is -0.0455. The Morgan fingerprint density at radius 2 is 1.85 bits per heavy atom. The highest BCUT2D eigenvalue weighted by Crippen LogP contribution is 2.32. The molecule has 1 rings (SSSR count). The fourth-order valence-electron chi connectivity index (χ4n) is 1.17. The van der Waals surface area contributed by atoms with Crippen LogP contribution < -0.4 is 0 Å². The zero-order valence-electron chi connectivity index (χ0n) is 7.37. The van der Waals surface area contributed by atoms with Gasteiger partial charge in [-0.25, -0.2) is 8.78 Å². The fraction of sp³-hybridized carbons (Fsp3) is 0.400. The SMILES string of the molecule is C[C@@H](O)CC(F)(F)c1ccccc1. The quantitative estimate of drug-likeness (QED) is 0.769. The van der Waals surface area contributed by atoms with Gasteiger partial charge in [0.15, 0.2) is 0 Å². The molecule has 0 aliphatic carbocycles. The van der Waals surface area contributed by atoms with E-state index < -0.39 is 18.4 Å². The van der Waals surface area contributed by atoms with Crippen molar-refractivity contribution in [1.29, 1.82) is 0 Å². The van der Waals surface area contributed by atoms with E-state index in [0.717, 1.165) is 0 Å². The second-order valence-corrected chi connectivity index (χ2v) is 3.12. The largest absolute Gasteiger partial charge is 0.393 e.